The quantitative estimate of drug-likeness (QED) is 0.123. The third-order valence-corrected chi connectivity index (χ3v) is 14.5. The fourth-order valence-electron chi connectivity index (χ4n) is 6.09. The molecule has 3 aromatic heterocycles. The largest absolute Gasteiger partial charge is 0 e. The molecule has 5 aromatic carbocycles. The Morgan fingerprint density at radius 1 is 0.627 bits per heavy atom. The summed E-state index contributed by atoms with van der Waals surface area (Å²) in [5.74, 6) is 7.62. The number of benzene rings is 5. The molecule has 0 N–H and O–H groups in total. The standard InChI is InChI=1S/C32H24NS.C14H16GeN.Ir/c1-21(2)25-17-18-33-30(19-25)26-15-16-28-29-10-6-9-27(32(29)34-31(28)20-26)24-13-11-23(12-14-24)22-7-4-3-5-8-22;1-15(2,3)13-9-10-14(16-11-13)12-7-5-4-6-8-12;/h3-14,16-21H,1-2H3;4-7,9-11H,1-3H3;/q2*-1;. The van der Waals surface area contributed by atoms with Crippen LogP contribution in [0.15, 0.2) is 146 Å². The number of hydrogen-bond donors (Lipinski definition) is 0. The summed E-state index contributed by atoms with van der Waals surface area (Å²) in [6, 6.07) is 53.7. The Kier molecular flexibility index (Phi) is 11.5. The molecule has 51 heavy (non-hydrogen) atoms. The minimum Gasteiger partial charge on any atom is 0 e. The van der Waals surface area contributed by atoms with E-state index in [1.165, 1.54) is 52.4 Å². The van der Waals surface area contributed by atoms with Gasteiger partial charge in [0.1, 0.15) is 0 Å². The van der Waals surface area contributed by atoms with Crippen molar-refractivity contribution in [2.24, 2.45) is 0 Å². The van der Waals surface area contributed by atoms with Gasteiger partial charge in [-0.3, -0.25) is 0 Å². The Bertz CT molecular complexity index is 2360. The molecular weight excluding hydrogens is 877 g/mol. The average molecular weight is 918 g/mol. The molecule has 0 unspecified atom stereocenters. The number of fused-ring (bicyclic) bond motifs is 3. The Hall–Kier alpha value is -4.19. The Labute approximate surface area is 322 Å². The van der Waals surface area contributed by atoms with Gasteiger partial charge in [-0.2, -0.15) is 11.3 Å². The Morgan fingerprint density at radius 2 is 1.37 bits per heavy atom. The third-order valence-electron chi connectivity index (χ3n) is 9.07. The van der Waals surface area contributed by atoms with Crippen molar-refractivity contribution in [2.75, 3.05) is 0 Å². The molecule has 0 amide bonds. The second kappa shape index (κ2) is 16.0. The number of pyridine rings is 2. The first kappa shape index (κ1) is 36.6. The molecule has 0 bridgehead atoms. The van der Waals surface area contributed by atoms with Crippen molar-refractivity contribution >= 4 is 49.2 Å². The van der Waals surface area contributed by atoms with Crippen LogP contribution < -0.4 is 4.40 Å². The van der Waals surface area contributed by atoms with Gasteiger partial charge >= 0.3 is 99.8 Å². The minimum absolute atomic E-state index is 0. The molecule has 255 valence electrons. The number of thiophene rings is 1. The van der Waals surface area contributed by atoms with Gasteiger partial charge in [0.05, 0.1) is 0 Å². The zero-order valence-electron chi connectivity index (χ0n) is 29.6. The van der Waals surface area contributed by atoms with Gasteiger partial charge in [0.15, 0.2) is 0 Å². The molecule has 0 saturated carbocycles. The van der Waals surface area contributed by atoms with E-state index in [9.17, 15) is 0 Å². The molecule has 0 spiro atoms. The first-order chi connectivity index (χ1) is 24.2. The topological polar surface area (TPSA) is 25.8 Å². The van der Waals surface area contributed by atoms with Crippen LogP contribution in [0, 0.1) is 12.1 Å². The molecule has 5 heteroatoms. The summed E-state index contributed by atoms with van der Waals surface area (Å²) >= 11 is 0.139. The van der Waals surface area contributed by atoms with E-state index in [1.54, 1.807) is 0 Å². The van der Waals surface area contributed by atoms with Crippen LogP contribution in [0.5, 0.6) is 0 Å². The van der Waals surface area contributed by atoms with Gasteiger partial charge < -0.3 is 4.98 Å². The van der Waals surface area contributed by atoms with Crippen molar-refractivity contribution in [2.45, 2.75) is 37.0 Å². The Balaban J connectivity index is 0.000000222. The van der Waals surface area contributed by atoms with Gasteiger partial charge in [-0.05, 0) is 50.0 Å². The smallest absolute Gasteiger partial charge is 0 e. The van der Waals surface area contributed by atoms with Crippen LogP contribution in [0.3, 0.4) is 0 Å². The van der Waals surface area contributed by atoms with E-state index in [0.717, 1.165) is 22.5 Å². The van der Waals surface area contributed by atoms with Crippen LogP contribution in [0.1, 0.15) is 25.3 Å². The maximum Gasteiger partial charge on any atom is 0 e. The Morgan fingerprint density at radius 3 is 2.06 bits per heavy atom. The molecule has 0 saturated heterocycles. The molecule has 0 fully saturated rings. The summed E-state index contributed by atoms with van der Waals surface area (Å²) in [5, 5.41) is 2.54. The second-order valence-corrected chi connectivity index (χ2v) is 25.6. The molecule has 8 rings (SSSR count). The monoisotopic (exact) mass is 919 g/mol. The number of hydrogen-bond acceptors (Lipinski definition) is 3. The van der Waals surface area contributed by atoms with Crippen molar-refractivity contribution < 1.29 is 20.1 Å². The van der Waals surface area contributed by atoms with Gasteiger partial charge in [0.2, 0.25) is 0 Å². The van der Waals surface area contributed by atoms with Crippen LogP contribution in [-0.4, -0.2) is 23.2 Å². The van der Waals surface area contributed by atoms with Crippen LogP contribution >= 0.6 is 11.3 Å². The predicted molar refractivity (Wildman–Crippen MR) is 218 cm³/mol. The van der Waals surface area contributed by atoms with Crippen LogP contribution in [0.25, 0.3) is 64.9 Å². The van der Waals surface area contributed by atoms with Crippen molar-refractivity contribution in [3.63, 3.8) is 0 Å². The first-order valence-electron chi connectivity index (χ1n) is 17.2. The molecule has 0 atom stereocenters. The van der Waals surface area contributed by atoms with Crippen molar-refractivity contribution in [1.29, 1.82) is 0 Å². The molecule has 2 nitrogen and oxygen atoms in total. The summed E-state index contributed by atoms with van der Waals surface area (Å²) < 4.78 is 4.04. The SMILES string of the molecule is CC(C)c1ccnc(-c2[c-]cc3c(c2)sc2c(-c4ccc(-c5ccccc5)cc4)cccc23)c1.[CH3][Ge]([CH3])([CH3])[c]1ccc(-c2[c-]cccc2)nc1.[Ir]. The van der Waals surface area contributed by atoms with Crippen molar-refractivity contribution in [3.05, 3.63) is 164 Å². The van der Waals surface area contributed by atoms with Gasteiger partial charge in [-0.1, -0.05) is 104 Å². The number of aromatic nitrogens is 2. The molecule has 0 aliphatic heterocycles. The van der Waals surface area contributed by atoms with E-state index in [4.69, 9.17) is 0 Å². The summed E-state index contributed by atoms with van der Waals surface area (Å²) in [6.07, 6.45) is 3.95. The van der Waals surface area contributed by atoms with E-state index in [0.29, 0.717) is 5.92 Å². The molecule has 3 heterocycles. The van der Waals surface area contributed by atoms with Gasteiger partial charge in [0, 0.05) is 31.0 Å². The molecular formula is C46H40GeIrN2S-2. The van der Waals surface area contributed by atoms with Crippen LogP contribution in [0.2, 0.25) is 17.3 Å². The summed E-state index contributed by atoms with van der Waals surface area (Å²) in [7, 11) is 0. The predicted octanol–water partition coefficient (Wildman–Crippen LogP) is 12.5. The number of nitrogens with zero attached hydrogens (tertiary/aromatic N) is 2. The van der Waals surface area contributed by atoms with Crippen LogP contribution in [-0.2, 0) is 20.1 Å². The molecule has 8 aromatic rings. The average Bonchev–Trinajstić information content (AvgIpc) is 3.54. The fourth-order valence-corrected chi connectivity index (χ4v) is 9.52. The van der Waals surface area contributed by atoms with Crippen molar-refractivity contribution in [3.8, 4) is 44.8 Å². The number of rotatable bonds is 6. The van der Waals surface area contributed by atoms with E-state index in [-0.39, 0.29) is 20.1 Å². The van der Waals surface area contributed by atoms with Gasteiger partial charge in [-0.25, -0.2) is 0 Å². The van der Waals surface area contributed by atoms with Gasteiger partial charge in [0.25, 0.3) is 0 Å². The molecule has 1 radical (unpaired) electrons. The molecule has 0 aliphatic carbocycles. The normalized spacial score (nSPS) is 11.3. The van der Waals surface area contributed by atoms with E-state index < -0.39 is 13.3 Å². The minimum atomic E-state index is -1.72. The van der Waals surface area contributed by atoms with E-state index >= 15 is 0 Å². The van der Waals surface area contributed by atoms with Crippen LogP contribution in [0.4, 0.5) is 0 Å². The summed E-state index contributed by atoms with van der Waals surface area (Å²) in [5.41, 5.74) is 10.4. The zero-order chi connectivity index (χ0) is 34.7. The van der Waals surface area contributed by atoms with E-state index in [1.807, 2.05) is 48.0 Å². The summed E-state index contributed by atoms with van der Waals surface area (Å²) in [6.45, 7) is 4.43. The van der Waals surface area contributed by atoms with Gasteiger partial charge in [-0.15, -0.1) is 23.8 Å². The maximum atomic E-state index is 4.62. The second-order valence-electron chi connectivity index (χ2n) is 13.9. The first-order valence-corrected chi connectivity index (χ1v) is 25.3. The zero-order valence-corrected chi connectivity index (χ0v) is 34.9. The van der Waals surface area contributed by atoms with Crippen molar-refractivity contribution in [1.82, 2.24) is 9.97 Å². The fraction of sp³-hybridized carbons (Fsp3) is 0.130. The maximum absolute atomic E-state index is 4.62. The molecule has 0 aliphatic rings. The third kappa shape index (κ3) is 8.32. The summed E-state index contributed by atoms with van der Waals surface area (Å²) in [4.78, 5) is 9.16. The van der Waals surface area contributed by atoms with E-state index in [2.05, 4.69) is 162 Å².